The van der Waals surface area contributed by atoms with Crippen molar-refractivity contribution in [1.29, 1.82) is 0 Å². The Morgan fingerprint density at radius 1 is 1.36 bits per heavy atom. The van der Waals surface area contributed by atoms with Crippen LogP contribution in [0.4, 0.5) is 0 Å². The summed E-state index contributed by atoms with van der Waals surface area (Å²) in [5.74, 6) is 0.645. The highest BCUT2D eigenvalue weighted by molar-refractivity contribution is 7.19. The van der Waals surface area contributed by atoms with E-state index in [1.165, 1.54) is 11.3 Å². The van der Waals surface area contributed by atoms with E-state index in [2.05, 4.69) is 9.97 Å². The molecular formula is C9H8ClN3S. The molecule has 0 aliphatic heterocycles. The van der Waals surface area contributed by atoms with Gasteiger partial charge in [-0.1, -0.05) is 11.6 Å². The average molecular weight is 226 g/mol. The molecule has 0 saturated carbocycles. The predicted molar refractivity (Wildman–Crippen MR) is 58.2 cm³/mol. The molecule has 0 amide bonds. The third-order valence-corrected chi connectivity index (χ3v) is 2.97. The third kappa shape index (κ3) is 1.92. The summed E-state index contributed by atoms with van der Waals surface area (Å²) < 4.78 is 0.757. The number of hydrogen-bond donors (Lipinski definition) is 1. The summed E-state index contributed by atoms with van der Waals surface area (Å²) in [6.45, 7) is 0.354. The molecule has 0 atom stereocenters. The Bertz CT molecular complexity index is 441. The zero-order valence-electron chi connectivity index (χ0n) is 7.27. The average Bonchev–Trinajstić information content (AvgIpc) is 2.65. The number of nitrogens with zero attached hydrogens (tertiary/aromatic N) is 2. The van der Waals surface area contributed by atoms with Crippen molar-refractivity contribution in [2.24, 2.45) is 5.73 Å². The van der Waals surface area contributed by atoms with E-state index >= 15 is 0 Å². The minimum atomic E-state index is 0.354. The quantitative estimate of drug-likeness (QED) is 0.854. The second-order valence-electron chi connectivity index (χ2n) is 2.67. The smallest absolute Gasteiger partial charge is 0.142 e. The summed E-state index contributed by atoms with van der Waals surface area (Å²) in [6, 6.07) is 5.64. The van der Waals surface area contributed by atoms with Crippen molar-refractivity contribution < 1.29 is 0 Å². The molecule has 5 heteroatoms. The van der Waals surface area contributed by atoms with E-state index in [1.54, 1.807) is 6.20 Å². The number of thiophene rings is 1. The van der Waals surface area contributed by atoms with E-state index in [4.69, 9.17) is 17.3 Å². The van der Waals surface area contributed by atoms with Gasteiger partial charge in [0.05, 0.1) is 21.5 Å². The minimum Gasteiger partial charge on any atom is -0.324 e. The summed E-state index contributed by atoms with van der Waals surface area (Å²) in [4.78, 5) is 9.35. The second kappa shape index (κ2) is 4.04. The first kappa shape index (κ1) is 9.58. The lowest BCUT2D eigenvalue weighted by Gasteiger charge is -1.98. The van der Waals surface area contributed by atoms with Gasteiger partial charge in [-0.25, -0.2) is 9.97 Å². The second-order valence-corrected chi connectivity index (χ2v) is 4.38. The van der Waals surface area contributed by atoms with Gasteiger partial charge in [-0.15, -0.1) is 11.3 Å². The topological polar surface area (TPSA) is 51.8 Å². The first-order chi connectivity index (χ1) is 6.79. The first-order valence-electron chi connectivity index (χ1n) is 4.07. The summed E-state index contributed by atoms with van der Waals surface area (Å²) >= 11 is 7.33. The fourth-order valence-corrected chi connectivity index (χ4v) is 2.10. The predicted octanol–water partition coefficient (Wildman–Crippen LogP) is 2.32. The fraction of sp³-hybridized carbons (Fsp3) is 0.111. The molecule has 0 aliphatic rings. The molecule has 0 bridgehead atoms. The van der Waals surface area contributed by atoms with Crippen LogP contribution in [0.15, 0.2) is 24.4 Å². The molecule has 0 spiro atoms. The van der Waals surface area contributed by atoms with Gasteiger partial charge in [0.1, 0.15) is 5.82 Å². The maximum Gasteiger partial charge on any atom is 0.142 e. The molecule has 0 unspecified atom stereocenters. The molecular weight excluding hydrogens is 218 g/mol. The number of aromatic nitrogens is 2. The Labute approximate surface area is 90.6 Å². The Hall–Kier alpha value is -0.970. The fourth-order valence-electron chi connectivity index (χ4n) is 1.09. The summed E-state index contributed by atoms with van der Waals surface area (Å²) in [5, 5.41) is 0. The summed E-state index contributed by atoms with van der Waals surface area (Å²) in [6.07, 6.45) is 1.71. The van der Waals surface area contributed by atoms with Gasteiger partial charge in [0.25, 0.3) is 0 Å². The van der Waals surface area contributed by atoms with Crippen molar-refractivity contribution in [1.82, 2.24) is 9.97 Å². The third-order valence-electron chi connectivity index (χ3n) is 1.71. The van der Waals surface area contributed by atoms with Crippen molar-refractivity contribution in [3.8, 4) is 10.6 Å². The Morgan fingerprint density at radius 3 is 2.86 bits per heavy atom. The van der Waals surface area contributed by atoms with Gasteiger partial charge in [-0.3, -0.25) is 0 Å². The van der Waals surface area contributed by atoms with Crippen LogP contribution in [0.25, 0.3) is 10.6 Å². The minimum absolute atomic E-state index is 0.354. The van der Waals surface area contributed by atoms with E-state index in [-0.39, 0.29) is 0 Å². The number of hydrogen-bond acceptors (Lipinski definition) is 4. The molecule has 72 valence electrons. The lowest BCUT2D eigenvalue weighted by Crippen LogP contribution is -2.02. The summed E-state index contributed by atoms with van der Waals surface area (Å²) in [7, 11) is 0. The van der Waals surface area contributed by atoms with Crippen LogP contribution in [0, 0.1) is 0 Å². The standard InChI is InChI=1S/C9H8ClN3S/c10-8-2-1-7(14-8)6-3-4-12-9(5-11)13-6/h1-4H,5,11H2. The Morgan fingerprint density at radius 2 is 2.21 bits per heavy atom. The van der Waals surface area contributed by atoms with E-state index in [0.717, 1.165) is 14.9 Å². The normalized spacial score (nSPS) is 10.4. The van der Waals surface area contributed by atoms with Crippen LogP contribution in [-0.2, 0) is 6.54 Å². The molecule has 2 aromatic rings. The Kier molecular flexibility index (Phi) is 2.77. The molecule has 0 aromatic carbocycles. The van der Waals surface area contributed by atoms with Gasteiger partial charge in [-0.2, -0.15) is 0 Å². The number of nitrogens with two attached hydrogens (primary N) is 1. The molecule has 2 heterocycles. The van der Waals surface area contributed by atoms with E-state index in [1.807, 2.05) is 18.2 Å². The Balaban J connectivity index is 2.41. The highest BCUT2D eigenvalue weighted by Crippen LogP contribution is 2.29. The van der Waals surface area contributed by atoms with Crippen molar-refractivity contribution in [3.05, 3.63) is 34.6 Å². The molecule has 3 nitrogen and oxygen atoms in total. The highest BCUT2D eigenvalue weighted by atomic mass is 35.5. The largest absolute Gasteiger partial charge is 0.324 e. The molecule has 0 fully saturated rings. The molecule has 0 aliphatic carbocycles. The maximum absolute atomic E-state index is 5.83. The highest BCUT2D eigenvalue weighted by Gasteiger charge is 2.03. The zero-order chi connectivity index (χ0) is 9.97. The van der Waals surface area contributed by atoms with Crippen LogP contribution < -0.4 is 5.73 Å². The van der Waals surface area contributed by atoms with Gasteiger partial charge in [-0.05, 0) is 18.2 Å². The SMILES string of the molecule is NCc1nccc(-c2ccc(Cl)s2)n1. The van der Waals surface area contributed by atoms with Gasteiger partial charge < -0.3 is 5.73 Å². The van der Waals surface area contributed by atoms with E-state index in [0.29, 0.717) is 12.4 Å². The lowest BCUT2D eigenvalue weighted by atomic mass is 10.3. The van der Waals surface area contributed by atoms with Crippen molar-refractivity contribution in [2.45, 2.75) is 6.54 Å². The number of rotatable bonds is 2. The van der Waals surface area contributed by atoms with Gasteiger partial charge in [0.15, 0.2) is 0 Å². The van der Waals surface area contributed by atoms with Crippen molar-refractivity contribution >= 4 is 22.9 Å². The zero-order valence-corrected chi connectivity index (χ0v) is 8.85. The molecule has 0 radical (unpaired) electrons. The van der Waals surface area contributed by atoms with Gasteiger partial charge in [0.2, 0.25) is 0 Å². The maximum atomic E-state index is 5.83. The van der Waals surface area contributed by atoms with Crippen LogP contribution in [-0.4, -0.2) is 9.97 Å². The molecule has 2 N–H and O–H groups in total. The lowest BCUT2D eigenvalue weighted by molar-refractivity contribution is 0.913. The van der Waals surface area contributed by atoms with Crippen molar-refractivity contribution in [3.63, 3.8) is 0 Å². The van der Waals surface area contributed by atoms with Crippen LogP contribution in [0.3, 0.4) is 0 Å². The number of halogens is 1. The van der Waals surface area contributed by atoms with Crippen LogP contribution in [0.5, 0.6) is 0 Å². The van der Waals surface area contributed by atoms with Crippen LogP contribution >= 0.6 is 22.9 Å². The van der Waals surface area contributed by atoms with Gasteiger partial charge in [0, 0.05) is 6.20 Å². The van der Waals surface area contributed by atoms with Crippen LogP contribution in [0.2, 0.25) is 4.34 Å². The molecule has 2 rings (SSSR count). The monoisotopic (exact) mass is 225 g/mol. The molecule has 14 heavy (non-hydrogen) atoms. The van der Waals surface area contributed by atoms with Crippen LogP contribution in [0.1, 0.15) is 5.82 Å². The van der Waals surface area contributed by atoms with E-state index < -0.39 is 0 Å². The van der Waals surface area contributed by atoms with Gasteiger partial charge >= 0.3 is 0 Å². The first-order valence-corrected chi connectivity index (χ1v) is 5.27. The molecule has 2 aromatic heterocycles. The van der Waals surface area contributed by atoms with E-state index in [9.17, 15) is 0 Å². The summed E-state index contributed by atoms with van der Waals surface area (Å²) in [5.41, 5.74) is 6.33. The van der Waals surface area contributed by atoms with Crippen molar-refractivity contribution in [2.75, 3.05) is 0 Å². The molecule has 0 saturated heterocycles.